The van der Waals surface area contributed by atoms with Gasteiger partial charge in [-0.15, -0.1) is 0 Å². The third kappa shape index (κ3) is 2.35. The number of nitrogens with zero attached hydrogens (tertiary/aromatic N) is 1. The summed E-state index contributed by atoms with van der Waals surface area (Å²) in [7, 11) is 0. The highest BCUT2D eigenvalue weighted by atomic mass is 32.1. The molecule has 0 saturated carbocycles. The summed E-state index contributed by atoms with van der Waals surface area (Å²) in [6.07, 6.45) is 0. The van der Waals surface area contributed by atoms with Gasteiger partial charge in [0.25, 0.3) is 0 Å². The Balaban J connectivity index is 2.05. The van der Waals surface area contributed by atoms with Gasteiger partial charge in [-0.25, -0.2) is 9.37 Å². The van der Waals surface area contributed by atoms with Gasteiger partial charge in [0.1, 0.15) is 21.5 Å². The second-order valence-electron chi connectivity index (χ2n) is 4.10. The van der Waals surface area contributed by atoms with Crippen molar-refractivity contribution in [2.45, 2.75) is 0 Å². The van der Waals surface area contributed by atoms with Gasteiger partial charge in [-0.1, -0.05) is 41.7 Å². The Morgan fingerprint density at radius 2 is 1.58 bits per heavy atom. The lowest BCUT2D eigenvalue weighted by molar-refractivity contribution is 0.628. The van der Waals surface area contributed by atoms with Crippen LogP contribution in [0.2, 0.25) is 0 Å². The van der Waals surface area contributed by atoms with Gasteiger partial charge in [0.2, 0.25) is 0 Å². The molecule has 0 saturated heterocycles. The summed E-state index contributed by atoms with van der Waals surface area (Å²) >= 11 is 1.44. The number of thiazole rings is 1. The number of rotatable bonds is 2. The molecule has 0 amide bonds. The lowest BCUT2D eigenvalue weighted by atomic mass is 10.1. The summed E-state index contributed by atoms with van der Waals surface area (Å²) < 4.78 is 12.9. The maximum atomic E-state index is 12.9. The van der Waals surface area contributed by atoms with Crippen molar-refractivity contribution in [3.63, 3.8) is 0 Å². The van der Waals surface area contributed by atoms with Crippen molar-refractivity contribution < 1.29 is 4.39 Å². The van der Waals surface area contributed by atoms with E-state index in [2.05, 4.69) is 4.98 Å². The largest absolute Gasteiger partial charge is 0.389 e. The van der Waals surface area contributed by atoms with Gasteiger partial charge in [-0.3, -0.25) is 0 Å². The van der Waals surface area contributed by atoms with Crippen LogP contribution in [0, 0.1) is 5.82 Å². The molecule has 0 aliphatic rings. The number of aromatic nitrogens is 1. The van der Waals surface area contributed by atoms with Crippen LogP contribution >= 0.6 is 11.3 Å². The Labute approximate surface area is 114 Å². The Bertz CT molecular complexity index is 690. The molecule has 94 valence electrons. The van der Waals surface area contributed by atoms with Crippen LogP contribution < -0.4 is 5.73 Å². The molecule has 2 N–H and O–H groups in total. The molecule has 0 fully saturated rings. The lowest BCUT2D eigenvalue weighted by Crippen LogP contribution is -1.86. The van der Waals surface area contributed by atoms with Gasteiger partial charge in [0.15, 0.2) is 0 Å². The predicted molar refractivity (Wildman–Crippen MR) is 77.4 cm³/mol. The minimum absolute atomic E-state index is 0.263. The van der Waals surface area contributed by atoms with E-state index < -0.39 is 0 Å². The molecule has 0 atom stereocenters. The van der Waals surface area contributed by atoms with Crippen LogP contribution in [0.4, 0.5) is 9.39 Å². The minimum atomic E-state index is -0.263. The average Bonchev–Trinajstić information content (AvgIpc) is 2.83. The van der Waals surface area contributed by atoms with Crippen molar-refractivity contribution in [1.29, 1.82) is 0 Å². The fraction of sp³-hybridized carbons (Fsp3) is 0. The van der Waals surface area contributed by atoms with E-state index in [-0.39, 0.29) is 5.82 Å². The second-order valence-corrected chi connectivity index (χ2v) is 5.14. The van der Waals surface area contributed by atoms with Gasteiger partial charge >= 0.3 is 0 Å². The average molecular weight is 270 g/mol. The summed E-state index contributed by atoms with van der Waals surface area (Å²) in [4.78, 5) is 4.55. The van der Waals surface area contributed by atoms with E-state index in [1.807, 2.05) is 30.3 Å². The molecule has 0 spiro atoms. The molecule has 19 heavy (non-hydrogen) atoms. The first-order valence-corrected chi connectivity index (χ1v) is 6.63. The molecule has 0 aliphatic carbocycles. The summed E-state index contributed by atoms with van der Waals surface area (Å²) in [5, 5.41) is 1.52. The highest BCUT2D eigenvalue weighted by molar-refractivity contribution is 7.19. The second kappa shape index (κ2) is 4.82. The number of benzene rings is 2. The third-order valence-corrected chi connectivity index (χ3v) is 3.73. The fourth-order valence-corrected chi connectivity index (χ4v) is 2.71. The van der Waals surface area contributed by atoms with Crippen LogP contribution in [0.3, 0.4) is 0 Å². The lowest BCUT2D eigenvalue weighted by Gasteiger charge is -1.97. The summed E-state index contributed by atoms with van der Waals surface area (Å²) in [5.41, 5.74) is 8.59. The smallest absolute Gasteiger partial charge is 0.126 e. The number of halogens is 1. The van der Waals surface area contributed by atoms with E-state index in [0.29, 0.717) is 10.7 Å². The topological polar surface area (TPSA) is 38.9 Å². The monoisotopic (exact) mass is 270 g/mol. The molecule has 1 heterocycles. The minimum Gasteiger partial charge on any atom is -0.389 e. The summed E-state index contributed by atoms with van der Waals surface area (Å²) in [6, 6.07) is 16.1. The first kappa shape index (κ1) is 11.9. The first-order chi connectivity index (χ1) is 9.24. The molecule has 2 aromatic carbocycles. The molecular formula is C15H11FN2S. The first-order valence-electron chi connectivity index (χ1n) is 5.82. The van der Waals surface area contributed by atoms with Crippen molar-refractivity contribution in [2.24, 2.45) is 0 Å². The van der Waals surface area contributed by atoms with E-state index in [9.17, 15) is 4.39 Å². The van der Waals surface area contributed by atoms with Gasteiger partial charge in [0.05, 0.1) is 0 Å². The fourth-order valence-electron chi connectivity index (χ4n) is 1.85. The van der Waals surface area contributed by atoms with Crippen LogP contribution in [0.1, 0.15) is 0 Å². The number of anilines is 1. The van der Waals surface area contributed by atoms with Gasteiger partial charge in [-0.2, -0.15) is 0 Å². The highest BCUT2D eigenvalue weighted by Crippen LogP contribution is 2.35. The molecule has 0 unspecified atom stereocenters. The summed E-state index contributed by atoms with van der Waals surface area (Å²) in [5.74, 6) is -0.263. The molecule has 3 aromatic rings. The van der Waals surface area contributed by atoms with Crippen molar-refractivity contribution in [1.82, 2.24) is 4.98 Å². The van der Waals surface area contributed by atoms with Crippen molar-refractivity contribution in [3.05, 3.63) is 60.4 Å². The Morgan fingerprint density at radius 3 is 2.26 bits per heavy atom. The maximum Gasteiger partial charge on any atom is 0.126 e. The zero-order chi connectivity index (χ0) is 13.2. The molecule has 4 heteroatoms. The number of hydrogen-bond donors (Lipinski definition) is 1. The van der Waals surface area contributed by atoms with Crippen LogP contribution in [-0.4, -0.2) is 4.98 Å². The molecule has 2 nitrogen and oxygen atoms in total. The third-order valence-electron chi connectivity index (χ3n) is 2.79. The normalized spacial score (nSPS) is 10.6. The number of nitrogens with two attached hydrogens (primary N) is 1. The zero-order valence-corrected chi connectivity index (χ0v) is 10.8. The maximum absolute atomic E-state index is 12.9. The quantitative estimate of drug-likeness (QED) is 0.758. The van der Waals surface area contributed by atoms with Gasteiger partial charge in [0, 0.05) is 11.1 Å². The molecule has 0 bridgehead atoms. The Morgan fingerprint density at radius 1 is 0.895 bits per heavy atom. The highest BCUT2D eigenvalue weighted by Gasteiger charge is 2.11. The number of hydrogen-bond acceptors (Lipinski definition) is 3. The van der Waals surface area contributed by atoms with E-state index in [1.165, 1.54) is 23.5 Å². The van der Waals surface area contributed by atoms with Crippen LogP contribution in [0.5, 0.6) is 0 Å². The molecular weight excluding hydrogens is 259 g/mol. The van der Waals surface area contributed by atoms with E-state index in [4.69, 9.17) is 5.73 Å². The van der Waals surface area contributed by atoms with Gasteiger partial charge < -0.3 is 5.73 Å². The van der Waals surface area contributed by atoms with Crippen molar-refractivity contribution in [3.8, 4) is 21.8 Å². The Hall–Kier alpha value is -2.20. The van der Waals surface area contributed by atoms with E-state index in [1.54, 1.807) is 12.1 Å². The molecule has 3 rings (SSSR count). The van der Waals surface area contributed by atoms with Crippen molar-refractivity contribution in [2.75, 3.05) is 5.73 Å². The Kier molecular flexibility index (Phi) is 3.01. The van der Waals surface area contributed by atoms with Crippen LogP contribution in [-0.2, 0) is 0 Å². The SMILES string of the molecule is Nc1sc(-c2ccccc2)nc1-c1ccc(F)cc1. The van der Waals surface area contributed by atoms with E-state index in [0.717, 1.165) is 16.1 Å². The zero-order valence-electron chi connectivity index (χ0n) is 10.0. The molecule has 0 aliphatic heterocycles. The predicted octanol–water partition coefficient (Wildman–Crippen LogP) is 4.20. The standard InChI is InChI=1S/C15H11FN2S/c16-12-8-6-10(7-9-12)13-14(17)19-15(18-13)11-4-2-1-3-5-11/h1-9H,17H2. The molecule has 1 aromatic heterocycles. The molecule has 0 radical (unpaired) electrons. The van der Waals surface area contributed by atoms with E-state index >= 15 is 0 Å². The summed E-state index contributed by atoms with van der Waals surface area (Å²) in [6.45, 7) is 0. The van der Waals surface area contributed by atoms with Crippen molar-refractivity contribution >= 4 is 16.3 Å². The van der Waals surface area contributed by atoms with Crippen LogP contribution in [0.15, 0.2) is 54.6 Å². The van der Waals surface area contributed by atoms with Gasteiger partial charge in [-0.05, 0) is 24.3 Å². The number of nitrogen functional groups attached to an aromatic ring is 1. The van der Waals surface area contributed by atoms with Crippen LogP contribution in [0.25, 0.3) is 21.8 Å².